The van der Waals surface area contributed by atoms with Crippen molar-refractivity contribution in [2.24, 2.45) is 11.7 Å². The van der Waals surface area contributed by atoms with E-state index in [1.54, 1.807) is 11.8 Å². The third-order valence-corrected chi connectivity index (χ3v) is 3.81. The van der Waals surface area contributed by atoms with Crippen molar-refractivity contribution in [1.82, 2.24) is 4.90 Å². The first-order valence-corrected chi connectivity index (χ1v) is 6.93. The molecule has 2 N–H and O–H groups in total. The molecular formula is C15H19F3N2O. The second-order valence-corrected chi connectivity index (χ2v) is 5.76. The maximum Gasteiger partial charge on any atom is 0.416 e. The summed E-state index contributed by atoms with van der Waals surface area (Å²) in [5.74, 6) is 0.143. The van der Waals surface area contributed by atoms with E-state index >= 15 is 0 Å². The number of halogens is 3. The Hall–Kier alpha value is -1.56. The molecule has 1 saturated heterocycles. The highest BCUT2D eigenvalue weighted by atomic mass is 19.4. The molecule has 3 nitrogen and oxygen atoms in total. The topological polar surface area (TPSA) is 46.3 Å². The van der Waals surface area contributed by atoms with Crippen LogP contribution in [0.1, 0.15) is 37.4 Å². The van der Waals surface area contributed by atoms with Gasteiger partial charge in [0, 0.05) is 6.54 Å². The first kappa shape index (κ1) is 15.8. The Kier molecular flexibility index (Phi) is 4.27. The van der Waals surface area contributed by atoms with Gasteiger partial charge in [0.15, 0.2) is 0 Å². The Morgan fingerprint density at radius 2 is 1.90 bits per heavy atom. The molecule has 1 fully saturated rings. The molecule has 1 amide bonds. The number of nitrogens with two attached hydrogens (primary N) is 1. The zero-order chi connectivity index (χ0) is 15.8. The van der Waals surface area contributed by atoms with Gasteiger partial charge in [0.25, 0.3) is 0 Å². The molecule has 1 aromatic carbocycles. The molecule has 0 bridgehead atoms. The van der Waals surface area contributed by atoms with Gasteiger partial charge >= 0.3 is 6.18 Å². The molecule has 0 spiro atoms. The van der Waals surface area contributed by atoms with Crippen LogP contribution in [0.15, 0.2) is 24.3 Å². The normalized spacial score (nSPS) is 24.2. The number of alkyl halides is 3. The molecule has 1 heterocycles. The molecule has 0 aliphatic carbocycles. The van der Waals surface area contributed by atoms with Gasteiger partial charge in [0.2, 0.25) is 5.91 Å². The van der Waals surface area contributed by atoms with Crippen LogP contribution in [0.25, 0.3) is 0 Å². The predicted molar refractivity (Wildman–Crippen MR) is 73.3 cm³/mol. The fourth-order valence-electron chi connectivity index (χ4n) is 2.76. The third-order valence-electron chi connectivity index (χ3n) is 3.81. The first-order chi connectivity index (χ1) is 9.70. The minimum atomic E-state index is -4.34. The van der Waals surface area contributed by atoms with E-state index in [0.29, 0.717) is 12.5 Å². The van der Waals surface area contributed by atoms with Gasteiger partial charge in [0.1, 0.15) is 0 Å². The van der Waals surface area contributed by atoms with Crippen molar-refractivity contribution in [3.63, 3.8) is 0 Å². The molecule has 0 unspecified atom stereocenters. The SMILES string of the molecule is C[C@@H]1C[C@H](c2ccc(C(F)(F)F)cc2)N(C(=O)[C@@H](C)N)C1. The van der Waals surface area contributed by atoms with Crippen LogP contribution in [0.5, 0.6) is 0 Å². The molecule has 21 heavy (non-hydrogen) atoms. The van der Waals surface area contributed by atoms with Gasteiger partial charge in [-0.05, 0) is 37.0 Å². The van der Waals surface area contributed by atoms with E-state index in [1.165, 1.54) is 12.1 Å². The van der Waals surface area contributed by atoms with Crippen molar-refractivity contribution in [1.29, 1.82) is 0 Å². The van der Waals surface area contributed by atoms with E-state index in [9.17, 15) is 18.0 Å². The van der Waals surface area contributed by atoms with Gasteiger partial charge in [0.05, 0.1) is 17.6 Å². The smallest absolute Gasteiger partial charge is 0.334 e. The molecule has 2 rings (SSSR count). The Morgan fingerprint density at radius 3 is 2.38 bits per heavy atom. The maximum atomic E-state index is 12.6. The molecule has 0 aromatic heterocycles. The number of carbonyl (C=O) groups is 1. The minimum Gasteiger partial charge on any atom is -0.334 e. The quantitative estimate of drug-likeness (QED) is 0.912. The van der Waals surface area contributed by atoms with Crippen LogP contribution in [0.3, 0.4) is 0 Å². The second kappa shape index (κ2) is 5.67. The lowest BCUT2D eigenvalue weighted by Crippen LogP contribution is -2.41. The van der Waals surface area contributed by atoms with Crippen LogP contribution in [-0.2, 0) is 11.0 Å². The van der Waals surface area contributed by atoms with Crippen LogP contribution < -0.4 is 5.73 Å². The second-order valence-electron chi connectivity index (χ2n) is 5.76. The summed E-state index contributed by atoms with van der Waals surface area (Å²) in [6.07, 6.45) is -3.60. The third kappa shape index (κ3) is 3.37. The number of amides is 1. The number of nitrogens with zero attached hydrogens (tertiary/aromatic N) is 1. The summed E-state index contributed by atoms with van der Waals surface area (Å²) in [4.78, 5) is 13.8. The first-order valence-electron chi connectivity index (χ1n) is 6.93. The average molecular weight is 300 g/mol. The summed E-state index contributed by atoms with van der Waals surface area (Å²) in [7, 11) is 0. The molecule has 3 atom stereocenters. The largest absolute Gasteiger partial charge is 0.416 e. The van der Waals surface area contributed by atoms with Gasteiger partial charge in [-0.3, -0.25) is 4.79 Å². The van der Waals surface area contributed by atoms with Crippen molar-refractivity contribution in [2.75, 3.05) is 6.54 Å². The molecule has 1 aliphatic rings. The number of hydrogen-bond donors (Lipinski definition) is 1. The predicted octanol–water partition coefficient (Wildman–Crippen LogP) is 2.96. The summed E-state index contributed by atoms with van der Waals surface area (Å²) in [5, 5.41) is 0. The van der Waals surface area contributed by atoms with Gasteiger partial charge in [-0.2, -0.15) is 13.2 Å². The average Bonchev–Trinajstić information content (AvgIpc) is 2.79. The number of benzene rings is 1. The van der Waals surface area contributed by atoms with E-state index < -0.39 is 17.8 Å². The fourth-order valence-corrected chi connectivity index (χ4v) is 2.76. The van der Waals surface area contributed by atoms with E-state index in [-0.39, 0.29) is 11.9 Å². The highest BCUT2D eigenvalue weighted by molar-refractivity contribution is 5.82. The van der Waals surface area contributed by atoms with Crippen molar-refractivity contribution >= 4 is 5.91 Å². The number of carbonyl (C=O) groups excluding carboxylic acids is 1. The lowest BCUT2D eigenvalue weighted by molar-refractivity contribution is -0.137. The summed E-state index contributed by atoms with van der Waals surface area (Å²) >= 11 is 0. The minimum absolute atomic E-state index is 0.163. The van der Waals surface area contributed by atoms with Crippen molar-refractivity contribution in [3.05, 3.63) is 35.4 Å². The fraction of sp³-hybridized carbons (Fsp3) is 0.533. The summed E-state index contributed by atoms with van der Waals surface area (Å²) in [6, 6.07) is 4.23. The van der Waals surface area contributed by atoms with E-state index in [2.05, 4.69) is 0 Å². The van der Waals surface area contributed by atoms with Crippen molar-refractivity contribution in [3.8, 4) is 0 Å². The lowest BCUT2D eigenvalue weighted by Gasteiger charge is -2.26. The van der Waals surface area contributed by atoms with Gasteiger partial charge in [-0.1, -0.05) is 19.1 Å². The summed E-state index contributed by atoms with van der Waals surface area (Å²) in [6.45, 7) is 4.23. The van der Waals surface area contributed by atoms with Gasteiger partial charge < -0.3 is 10.6 Å². The van der Waals surface area contributed by atoms with Crippen molar-refractivity contribution < 1.29 is 18.0 Å². The zero-order valence-corrected chi connectivity index (χ0v) is 12.0. The van der Waals surface area contributed by atoms with E-state index in [4.69, 9.17) is 5.73 Å². The highest BCUT2D eigenvalue weighted by Gasteiger charge is 2.36. The van der Waals surface area contributed by atoms with Crippen LogP contribution in [0, 0.1) is 5.92 Å². The Bertz CT molecular complexity index is 511. The van der Waals surface area contributed by atoms with Gasteiger partial charge in [-0.15, -0.1) is 0 Å². The molecule has 1 aliphatic heterocycles. The van der Waals surface area contributed by atoms with Crippen LogP contribution in [-0.4, -0.2) is 23.4 Å². The molecule has 6 heteroatoms. The molecular weight excluding hydrogens is 281 g/mol. The molecule has 116 valence electrons. The molecule has 0 radical (unpaired) electrons. The Labute approximate surface area is 121 Å². The molecule has 1 aromatic rings. The number of hydrogen-bond acceptors (Lipinski definition) is 2. The highest BCUT2D eigenvalue weighted by Crippen LogP contribution is 2.37. The Balaban J connectivity index is 2.25. The maximum absolute atomic E-state index is 12.6. The summed E-state index contributed by atoms with van der Waals surface area (Å²) in [5.41, 5.74) is 5.69. The zero-order valence-electron chi connectivity index (χ0n) is 12.0. The standard InChI is InChI=1S/C15H19F3N2O/c1-9-7-13(20(8-9)14(21)10(2)19)11-3-5-12(6-4-11)15(16,17)18/h3-6,9-10,13H,7-8,19H2,1-2H3/t9-,10-,13-/m1/s1. The van der Waals surface area contributed by atoms with Gasteiger partial charge in [-0.25, -0.2) is 0 Å². The van der Waals surface area contributed by atoms with Crippen LogP contribution in [0.2, 0.25) is 0 Å². The molecule has 0 saturated carbocycles. The van der Waals surface area contributed by atoms with E-state index in [0.717, 1.165) is 24.1 Å². The van der Waals surface area contributed by atoms with Crippen LogP contribution >= 0.6 is 0 Å². The lowest BCUT2D eigenvalue weighted by atomic mass is 9.99. The van der Waals surface area contributed by atoms with Crippen LogP contribution in [0.4, 0.5) is 13.2 Å². The monoisotopic (exact) mass is 300 g/mol. The Morgan fingerprint density at radius 1 is 1.33 bits per heavy atom. The summed E-state index contributed by atoms with van der Waals surface area (Å²) < 4.78 is 37.8. The van der Waals surface area contributed by atoms with Crippen molar-refractivity contribution in [2.45, 2.75) is 38.5 Å². The number of rotatable bonds is 2. The number of likely N-dealkylation sites (tertiary alicyclic amines) is 1. The van der Waals surface area contributed by atoms with E-state index in [1.807, 2.05) is 6.92 Å².